The molecule has 0 saturated carbocycles. The molecule has 3 heterocycles. The number of likely N-dealkylation sites (tertiary alicyclic amines) is 1. The van der Waals surface area contributed by atoms with Crippen molar-refractivity contribution in [2.75, 3.05) is 26.2 Å². The molecule has 0 unspecified atom stereocenters. The van der Waals surface area contributed by atoms with Crippen LogP contribution < -0.4 is 10.6 Å². The van der Waals surface area contributed by atoms with E-state index in [4.69, 9.17) is 4.74 Å². The molecule has 2 saturated heterocycles. The van der Waals surface area contributed by atoms with Crippen LogP contribution in [0.15, 0.2) is 17.5 Å². The minimum Gasteiger partial charge on any atom is -0.373 e. The topological polar surface area (TPSA) is 53.6 Å². The van der Waals surface area contributed by atoms with Crippen LogP contribution in [0, 0.1) is 0 Å². The molecule has 2 aliphatic rings. The summed E-state index contributed by atoms with van der Waals surface area (Å²) < 4.78 is 5.65. The van der Waals surface area contributed by atoms with E-state index < -0.39 is 0 Å². The number of halogens is 1. The van der Waals surface area contributed by atoms with Gasteiger partial charge in [0.25, 0.3) is 0 Å². The third-order valence-electron chi connectivity index (χ3n) is 3.39. The van der Waals surface area contributed by atoms with Gasteiger partial charge in [0.15, 0.2) is 0 Å². The fraction of sp³-hybridized carbons (Fsp3) is 0.583. The van der Waals surface area contributed by atoms with Crippen molar-refractivity contribution in [2.45, 2.75) is 18.7 Å². The Balaban J connectivity index is 0.00000133. The van der Waals surface area contributed by atoms with Crippen molar-refractivity contribution >= 4 is 29.8 Å². The lowest BCUT2D eigenvalue weighted by Crippen LogP contribution is -2.47. The molecule has 7 heteroatoms. The Morgan fingerprint density at radius 1 is 1.58 bits per heavy atom. The molecule has 0 aromatic carbocycles. The average molecular weight is 304 g/mol. The Kier molecular flexibility index (Phi) is 5.04. The molecule has 2 amide bonds. The lowest BCUT2D eigenvalue weighted by Gasteiger charge is -2.25. The quantitative estimate of drug-likeness (QED) is 0.859. The van der Waals surface area contributed by atoms with Crippen LogP contribution in [-0.2, 0) is 11.3 Å². The van der Waals surface area contributed by atoms with E-state index in [-0.39, 0.29) is 24.5 Å². The second kappa shape index (κ2) is 6.56. The molecule has 0 spiro atoms. The van der Waals surface area contributed by atoms with E-state index >= 15 is 0 Å². The van der Waals surface area contributed by atoms with Crippen molar-refractivity contribution < 1.29 is 9.53 Å². The predicted octanol–water partition coefficient (Wildman–Crippen LogP) is 1.05. The largest absolute Gasteiger partial charge is 0.373 e. The Morgan fingerprint density at radius 2 is 2.47 bits per heavy atom. The number of amides is 2. The highest BCUT2D eigenvalue weighted by atomic mass is 35.5. The molecule has 0 bridgehead atoms. The highest BCUT2D eigenvalue weighted by molar-refractivity contribution is 7.09. The Labute approximate surface area is 122 Å². The van der Waals surface area contributed by atoms with Crippen molar-refractivity contribution in [3.63, 3.8) is 0 Å². The van der Waals surface area contributed by atoms with Gasteiger partial charge in [-0.05, 0) is 11.4 Å². The highest BCUT2D eigenvalue weighted by Gasteiger charge is 2.37. The monoisotopic (exact) mass is 303 g/mol. The fourth-order valence-electron chi connectivity index (χ4n) is 2.45. The predicted molar refractivity (Wildman–Crippen MR) is 76.9 cm³/mol. The van der Waals surface area contributed by atoms with Crippen LogP contribution in [0.25, 0.3) is 0 Å². The third-order valence-corrected chi connectivity index (χ3v) is 4.26. The number of ether oxygens (including phenoxy) is 1. The Bertz CT molecular complexity index is 401. The number of rotatable bonds is 2. The maximum absolute atomic E-state index is 12.0. The van der Waals surface area contributed by atoms with Gasteiger partial charge in [0.2, 0.25) is 0 Å². The SMILES string of the molecule is Cl.O=C(NCc1cccs1)N1C[C@@H]2NCCO[C@H]2C1. The van der Waals surface area contributed by atoms with Crippen LogP contribution in [0.4, 0.5) is 4.79 Å². The minimum atomic E-state index is 0. The summed E-state index contributed by atoms with van der Waals surface area (Å²) >= 11 is 1.66. The van der Waals surface area contributed by atoms with Gasteiger partial charge in [0.1, 0.15) is 0 Å². The normalized spacial score (nSPS) is 25.6. The van der Waals surface area contributed by atoms with Gasteiger partial charge < -0.3 is 20.3 Å². The molecule has 106 valence electrons. The smallest absolute Gasteiger partial charge is 0.317 e. The molecular formula is C12H18ClN3O2S. The molecule has 0 aliphatic carbocycles. The molecule has 19 heavy (non-hydrogen) atoms. The molecule has 2 atom stereocenters. The summed E-state index contributed by atoms with van der Waals surface area (Å²) in [5.74, 6) is 0. The number of nitrogens with zero attached hydrogens (tertiary/aromatic N) is 1. The number of carbonyl (C=O) groups excluding carboxylic acids is 1. The lowest BCUT2D eigenvalue weighted by atomic mass is 10.2. The van der Waals surface area contributed by atoms with Crippen LogP contribution in [0.1, 0.15) is 4.88 Å². The standard InChI is InChI=1S/C12H17N3O2S.ClH/c16-12(14-6-9-2-1-5-18-9)15-7-10-11(8-15)17-4-3-13-10;/h1-2,5,10-11,13H,3-4,6-8H2,(H,14,16);1H/t10-,11-;/m0./s1. The number of hydrogen-bond acceptors (Lipinski definition) is 4. The van der Waals surface area contributed by atoms with Crippen molar-refractivity contribution in [3.05, 3.63) is 22.4 Å². The maximum Gasteiger partial charge on any atom is 0.317 e. The number of carbonyl (C=O) groups is 1. The van der Waals surface area contributed by atoms with Crippen molar-refractivity contribution in [2.24, 2.45) is 0 Å². The summed E-state index contributed by atoms with van der Waals surface area (Å²) in [5.41, 5.74) is 0. The summed E-state index contributed by atoms with van der Waals surface area (Å²) in [6.45, 7) is 3.66. The van der Waals surface area contributed by atoms with Gasteiger partial charge in [0.05, 0.1) is 31.8 Å². The van der Waals surface area contributed by atoms with Crippen LogP contribution in [-0.4, -0.2) is 49.3 Å². The molecule has 5 nitrogen and oxygen atoms in total. The number of hydrogen-bond donors (Lipinski definition) is 2. The third kappa shape index (κ3) is 3.39. The fourth-order valence-corrected chi connectivity index (χ4v) is 3.09. The Morgan fingerprint density at radius 3 is 3.21 bits per heavy atom. The summed E-state index contributed by atoms with van der Waals surface area (Å²) in [5, 5.41) is 8.36. The molecule has 2 N–H and O–H groups in total. The molecule has 2 fully saturated rings. The van der Waals surface area contributed by atoms with Crippen LogP contribution in [0.2, 0.25) is 0 Å². The summed E-state index contributed by atoms with van der Waals surface area (Å²) in [7, 11) is 0. The van der Waals surface area contributed by atoms with Crippen LogP contribution in [0.3, 0.4) is 0 Å². The molecule has 1 aromatic rings. The van der Waals surface area contributed by atoms with Gasteiger partial charge in [-0.1, -0.05) is 6.07 Å². The highest BCUT2D eigenvalue weighted by Crippen LogP contribution is 2.16. The second-order valence-corrected chi connectivity index (χ2v) is 5.65. The number of nitrogens with one attached hydrogen (secondary N) is 2. The average Bonchev–Trinajstić information content (AvgIpc) is 3.04. The first kappa shape index (κ1) is 14.6. The first-order valence-corrected chi connectivity index (χ1v) is 7.11. The Hall–Kier alpha value is -0.820. The maximum atomic E-state index is 12.0. The molecular weight excluding hydrogens is 286 g/mol. The number of fused-ring (bicyclic) bond motifs is 1. The van der Waals surface area contributed by atoms with Crippen molar-refractivity contribution in [1.82, 2.24) is 15.5 Å². The first-order valence-electron chi connectivity index (χ1n) is 6.23. The van der Waals surface area contributed by atoms with Crippen LogP contribution >= 0.6 is 23.7 Å². The minimum absolute atomic E-state index is 0. The van der Waals surface area contributed by atoms with Crippen molar-refractivity contribution in [3.8, 4) is 0 Å². The van der Waals surface area contributed by atoms with Gasteiger partial charge in [0, 0.05) is 18.0 Å². The molecule has 1 aromatic heterocycles. The molecule has 3 rings (SSSR count). The zero-order valence-corrected chi connectivity index (χ0v) is 12.1. The van der Waals surface area contributed by atoms with E-state index in [9.17, 15) is 4.79 Å². The van der Waals surface area contributed by atoms with Crippen molar-refractivity contribution in [1.29, 1.82) is 0 Å². The number of morpholine rings is 1. The van der Waals surface area contributed by atoms with E-state index in [1.54, 1.807) is 11.3 Å². The molecule has 2 aliphatic heterocycles. The lowest BCUT2D eigenvalue weighted by molar-refractivity contribution is 0.0186. The summed E-state index contributed by atoms with van der Waals surface area (Å²) in [6, 6.07) is 4.32. The van der Waals surface area contributed by atoms with Gasteiger partial charge in [-0.2, -0.15) is 0 Å². The van der Waals surface area contributed by atoms with Crippen LogP contribution in [0.5, 0.6) is 0 Å². The first-order chi connectivity index (χ1) is 8.83. The number of urea groups is 1. The van der Waals surface area contributed by atoms with Gasteiger partial charge >= 0.3 is 6.03 Å². The summed E-state index contributed by atoms with van der Waals surface area (Å²) in [4.78, 5) is 15.0. The van der Waals surface area contributed by atoms with E-state index in [1.165, 1.54) is 4.88 Å². The van der Waals surface area contributed by atoms with E-state index in [0.29, 0.717) is 19.1 Å². The molecule has 0 radical (unpaired) electrons. The second-order valence-electron chi connectivity index (χ2n) is 4.61. The van der Waals surface area contributed by atoms with Gasteiger partial charge in [-0.15, -0.1) is 23.7 Å². The van der Waals surface area contributed by atoms with E-state index in [1.807, 2.05) is 22.4 Å². The van der Waals surface area contributed by atoms with E-state index in [2.05, 4.69) is 10.6 Å². The zero-order valence-electron chi connectivity index (χ0n) is 10.5. The number of thiophene rings is 1. The zero-order chi connectivity index (χ0) is 12.4. The van der Waals surface area contributed by atoms with Gasteiger partial charge in [-0.3, -0.25) is 0 Å². The van der Waals surface area contributed by atoms with Gasteiger partial charge in [-0.25, -0.2) is 4.79 Å². The summed E-state index contributed by atoms with van der Waals surface area (Å²) in [6.07, 6.45) is 0.159. The van der Waals surface area contributed by atoms with E-state index in [0.717, 1.165) is 19.7 Å².